The van der Waals surface area contributed by atoms with Gasteiger partial charge in [-0.2, -0.15) is 0 Å². The van der Waals surface area contributed by atoms with Crippen LogP contribution >= 0.6 is 11.6 Å². The van der Waals surface area contributed by atoms with Crippen LogP contribution in [0.15, 0.2) is 24.3 Å². The molecule has 1 saturated carbocycles. The minimum atomic E-state index is -2.66. The highest BCUT2D eigenvalue weighted by molar-refractivity contribution is 6.30. The molecule has 1 atom stereocenters. The van der Waals surface area contributed by atoms with Gasteiger partial charge < -0.3 is 19.4 Å². The molecule has 2 saturated heterocycles. The highest BCUT2D eigenvalue weighted by atomic mass is 35.5. The Balaban J connectivity index is 1.47. The van der Waals surface area contributed by atoms with Crippen LogP contribution in [0.25, 0.3) is 0 Å². The van der Waals surface area contributed by atoms with Gasteiger partial charge in [0.2, 0.25) is 17.7 Å². The van der Waals surface area contributed by atoms with Gasteiger partial charge in [0, 0.05) is 74.9 Å². The SMILES string of the molecule is CN1CCN(C(=O)C[C@]2(COc3cccc(Cl)c3)CCCN(C(=O)C3CCC(F)(F)CC3)C2)CC1. The summed E-state index contributed by atoms with van der Waals surface area (Å²) >= 11 is 6.12. The zero-order valence-corrected chi connectivity index (χ0v) is 21.2. The van der Waals surface area contributed by atoms with Gasteiger partial charge in [-0.05, 0) is 50.9 Å². The Kier molecular flexibility index (Phi) is 8.21. The predicted octanol–water partition coefficient (Wildman–Crippen LogP) is 4.32. The van der Waals surface area contributed by atoms with Gasteiger partial charge in [-0.3, -0.25) is 9.59 Å². The van der Waals surface area contributed by atoms with Gasteiger partial charge in [-0.25, -0.2) is 8.78 Å². The zero-order chi connectivity index (χ0) is 25.1. The number of likely N-dealkylation sites (tertiary alicyclic amines) is 1. The van der Waals surface area contributed by atoms with Crippen LogP contribution in [0, 0.1) is 11.3 Å². The number of hydrogen-bond acceptors (Lipinski definition) is 4. The lowest BCUT2D eigenvalue weighted by Crippen LogP contribution is -2.54. The van der Waals surface area contributed by atoms with Crippen molar-refractivity contribution in [2.75, 3.05) is 52.9 Å². The van der Waals surface area contributed by atoms with Gasteiger partial charge in [-0.1, -0.05) is 17.7 Å². The number of nitrogens with zero attached hydrogens (tertiary/aromatic N) is 3. The van der Waals surface area contributed by atoms with Crippen molar-refractivity contribution in [2.45, 2.75) is 50.9 Å². The van der Waals surface area contributed by atoms with Crippen LogP contribution in [0.2, 0.25) is 5.02 Å². The maximum absolute atomic E-state index is 13.6. The van der Waals surface area contributed by atoms with Crippen molar-refractivity contribution in [3.05, 3.63) is 29.3 Å². The lowest BCUT2D eigenvalue weighted by atomic mass is 9.76. The maximum atomic E-state index is 13.6. The number of hydrogen-bond donors (Lipinski definition) is 0. The Bertz CT molecular complexity index is 900. The third-order valence-electron chi connectivity index (χ3n) is 7.76. The molecule has 0 N–H and O–H groups in total. The van der Waals surface area contributed by atoms with Gasteiger partial charge in [0.1, 0.15) is 5.75 Å². The second-order valence-corrected chi connectivity index (χ2v) is 11.0. The van der Waals surface area contributed by atoms with Crippen LogP contribution in [0.5, 0.6) is 5.75 Å². The fraction of sp³-hybridized carbons (Fsp3) is 0.692. The standard InChI is InChI=1S/C26H36ClF2N3O3/c1-30-12-14-31(15-13-30)23(33)17-25(19-35-22-5-2-4-21(27)16-22)8-3-11-32(18-25)24(34)20-6-9-26(28,29)10-7-20/h2,4-5,16,20H,3,6-15,17-19H2,1H3/t25-/m1/s1. The lowest BCUT2D eigenvalue weighted by molar-refractivity contribution is -0.147. The molecule has 194 valence electrons. The molecule has 3 aliphatic rings. The minimum Gasteiger partial charge on any atom is -0.493 e. The van der Waals surface area contributed by atoms with E-state index in [1.165, 1.54) is 0 Å². The summed E-state index contributed by atoms with van der Waals surface area (Å²) in [6.45, 7) is 4.35. The van der Waals surface area contributed by atoms with Crippen molar-refractivity contribution in [3.8, 4) is 5.75 Å². The maximum Gasteiger partial charge on any atom is 0.248 e. The molecule has 0 aromatic heterocycles. The van der Waals surface area contributed by atoms with Gasteiger partial charge in [-0.15, -0.1) is 0 Å². The van der Waals surface area contributed by atoms with Crippen LogP contribution in [0.3, 0.4) is 0 Å². The molecular formula is C26H36ClF2N3O3. The summed E-state index contributed by atoms with van der Waals surface area (Å²) in [4.78, 5) is 32.6. The number of ether oxygens (including phenoxy) is 1. The summed E-state index contributed by atoms with van der Waals surface area (Å²) < 4.78 is 33.4. The van der Waals surface area contributed by atoms with E-state index in [2.05, 4.69) is 4.90 Å². The Morgan fingerprint density at radius 1 is 1.06 bits per heavy atom. The van der Waals surface area contributed by atoms with E-state index < -0.39 is 11.3 Å². The average Bonchev–Trinajstić information content (AvgIpc) is 2.83. The molecule has 0 radical (unpaired) electrons. The molecule has 2 aliphatic heterocycles. The molecule has 6 nitrogen and oxygen atoms in total. The van der Waals surface area contributed by atoms with Crippen LogP contribution in [0.1, 0.15) is 44.9 Å². The third kappa shape index (κ3) is 6.85. The smallest absolute Gasteiger partial charge is 0.248 e. The first-order chi connectivity index (χ1) is 16.6. The zero-order valence-electron chi connectivity index (χ0n) is 20.5. The Labute approximate surface area is 211 Å². The number of alkyl halides is 2. The number of rotatable bonds is 6. The van der Waals surface area contributed by atoms with E-state index in [0.29, 0.717) is 50.0 Å². The molecule has 0 bridgehead atoms. The van der Waals surface area contributed by atoms with Crippen molar-refractivity contribution in [1.29, 1.82) is 0 Å². The number of carbonyl (C=O) groups excluding carboxylic acids is 2. The van der Waals surface area contributed by atoms with Crippen molar-refractivity contribution < 1.29 is 23.1 Å². The van der Waals surface area contributed by atoms with Crippen LogP contribution in [-0.2, 0) is 9.59 Å². The highest BCUT2D eigenvalue weighted by Gasteiger charge is 2.44. The van der Waals surface area contributed by atoms with Crippen molar-refractivity contribution >= 4 is 23.4 Å². The van der Waals surface area contributed by atoms with E-state index in [0.717, 1.165) is 25.9 Å². The summed E-state index contributed by atoms with van der Waals surface area (Å²) in [7, 11) is 2.05. The molecule has 2 amide bonds. The summed E-state index contributed by atoms with van der Waals surface area (Å²) in [6.07, 6.45) is 1.78. The topological polar surface area (TPSA) is 53.1 Å². The summed E-state index contributed by atoms with van der Waals surface area (Å²) in [5.41, 5.74) is -0.532. The summed E-state index contributed by atoms with van der Waals surface area (Å²) in [6, 6.07) is 7.16. The Hall–Kier alpha value is -1.93. The van der Waals surface area contributed by atoms with Gasteiger partial charge in [0.05, 0.1) is 6.61 Å². The molecular weight excluding hydrogens is 476 g/mol. The minimum absolute atomic E-state index is 0.0561. The van der Waals surface area contributed by atoms with Crippen LogP contribution in [0.4, 0.5) is 8.78 Å². The Morgan fingerprint density at radius 2 is 1.77 bits per heavy atom. The largest absolute Gasteiger partial charge is 0.493 e. The van der Waals surface area contributed by atoms with Crippen molar-refractivity contribution in [3.63, 3.8) is 0 Å². The molecule has 3 fully saturated rings. The van der Waals surface area contributed by atoms with E-state index in [1.54, 1.807) is 17.0 Å². The van der Waals surface area contributed by atoms with Gasteiger partial charge in [0.25, 0.3) is 0 Å². The third-order valence-corrected chi connectivity index (χ3v) is 8.00. The molecule has 35 heavy (non-hydrogen) atoms. The normalized spacial score (nSPS) is 25.9. The predicted molar refractivity (Wildman–Crippen MR) is 131 cm³/mol. The van der Waals surface area contributed by atoms with Gasteiger partial charge in [0.15, 0.2) is 0 Å². The molecule has 2 heterocycles. The second kappa shape index (κ2) is 11.0. The molecule has 0 spiro atoms. The summed E-state index contributed by atoms with van der Waals surface area (Å²) in [5.74, 6) is -2.38. The lowest BCUT2D eigenvalue weighted by Gasteiger charge is -2.45. The van der Waals surface area contributed by atoms with Crippen LogP contribution in [-0.4, -0.2) is 85.4 Å². The number of piperazine rings is 1. The molecule has 4 rings (SSSR count). The molecule has 9 heteroatoms. The first-order valence-corrected chi connectivity index (χ1v) is 13.0. The number of carbonyl (C=O) groups is 2. The number of halogens is 3. The van der Waals surface area contributed by atoms with E-state index in [1.807, 2.05) is 24.1 Å². The molecule has 1 aromatic carbocycles. The molecule has 1 aliphatic carbocycles. The van der Waals surface area contributed by atoms with Crippen LogP contribution < -0.4 is 4.74 Å². The monoisotopic (exact) mass is 511 g/mol. The van der Waals surface area contributed by atoms with E-state index >= 15 is 0 Å². The first kappa shape index (κ1) is 26.1. The number of amides is 2. The highest BCUT2D eigenvalue weighted by Crippen LogP contribution is 2.40. The Morgan fingerprint density at radius 3 is 2.46 bits per heavy atom. The van der Waals surface area contributed by atoms with Crippen molar-refractivity contribution in [2.24, 2.45) is 11.3 Å². The van der Waals surface area contributed by atoms with E-state index in [-0.39, 0.29) is 43.4 Å². The quantitative estimate of drug-likeness (QED) is 0.571. The van der Waals surface area contributed by atoms with Gasteiger partial charge >= 0.3 is 0 Å². The van der Waals surface area contributed by atoms with E-state index in [4.69, 9.17) is 16.3 Å². The summed E-state index contributed by atoms with van der Waals surface area (Å²) in [5, 5.41) is 0.569. The average molecular weight is 512 g/mol. The molecule has 1 aromatic rings. The number of piperidine rings is 1. The van der Waals surface area contributed by atoms with E-state index in [9.17, 15) is 18.4 Å². The molecule has 0 unspecified atom stereocenters. The van der Waals surface area contributed by atoms with Crippen molar-refractivity contribution in [1.82, 2.24) is 14.7 Å². The fourth-order valence-electron chi connectivity index (χ4n) is 5.54. The second-order valence-electron chi connectivity index (χ2n) is 10.6. The fourth-order valence-corrected chi connectivity index (χ4v) is 5.72. The number of likely N-dealkylation sites (N-methyl/N-ethyl adjacent to an activating group) is 1. The first-order valence-electron chi connectivity index (χ1n) is 12.7. The number of benzene rings is 1.